The summed E-state index contributed by atoms with van der Waals surface area (Å²) >= 11 is 0. The predicted octanol–water partition coefficient (Wildman–Crippen LogP) is 3.82. The minimum absolute atomic E-state index is 0.194. The second-order valence-corrected chi connectivity index (χ2v) is 5.71. The molecule has 1 saturated heterocycles. The lowest BCUT2D eigenvalue weighted by Gasteiger charge is -2.22. The van der Waals surface area contributed by atoms with Gasteiger partial charge in [-0.3, -0.25) is 0 Å². The summed E-state index contributed by atoms with van der Waals surface area (Å²) in [5.74, 6) is 0. The van der Waals surface area contributed by atoms with Gasteiger partial charge in [-0.25, -0.2) is 4.98 Å². The molecule has 3 nitrogen and oxygen atoms in total. The van der Waals surface area contributed by atoms with Gasteiger partial charge in [0.25, 0.3) is 0 Å². The molecule has 1 aromatic rings. The minimum atomic E-state index is -4.38. The van der Waals surface area contributed by atoms with Crippen LogP contribution in [0.1, 0.15) is 44.7 Å². The van der Waals surface area contributed by atoms with E-state index in [1.807, 2.05) is 6.92 Å². The van der Waals surface area contributed by atoms with Crippen LogP contribution >= 0.6 is 0 Å². The van der Waals surface area contributed by atoms with E-state index in [0.717, 1.165) is 25.5 Å². The molecule has 1 aromatic heterocycles. The van der Waals surface area contributed by atoms with Gasteiger partial charge in [0.15, 0.2) is 0 Å². The summed E-state index contributed by atoms with van der Waals surface area (Å²) in [4.78, 5) is 3.46. The number of aromatic nitrogens is 1. The van der Waals surface area contributed by atoms with Crippen molar-refractivity contribution in [2.45, 2.75) is 57.3 Å². The smallest absolute Gasteiger partial charge is 0.381 e. The highest BCUT2D eigenvalue weighted by atomic mass is 19.4. The van der Waals surface area contributed by atoms with Crippen LogP contribution in [0.5, 0.6) is 0 Å². The molecule has 2 rings (SSSR count). The SMILES string of the molecule is CC(CC1CCCCCN1)Nc1ccc(C(F)(F)F)nc1. The second-order valence-electron chi connectivity index (χ2n) is 5.71. The quantitative estimate of drug-likeness (QED) is 0.887. The van der Waals surface area contributed by atoms with Crippen molar-refractivity contribution in [3.05, 3.63) is 24.0 Å². The van der Waals surface area contributed by atoms with E-state index >= 15 is 0 Å². The highest BCUT2D eigenvalue weighted by molar-refractivity contribution is 5.42. The average Bonchev–Trinajstić information content (AvgIpc) is 2.67. The van der Waals surface area contributed by atoms with Crippen molar-refractivity contribution in [2.75, 3.05) is 11.9 Å². The van der Waals surface area contributed by atoms with E-state index in [9.17, 15) is 13.2 Å². The fourth-order valence-corrected chi connectivity index (χ4v) is 2.72. The summed E-state index contributed by atoms with van der Waals surface area (Å²) in [5, 5.41) is 6.74. The van der Waals surface area contributed by atoms with Crippen LogP contribution in [0.4, 0.5) is 18.9 Å². The van der Waals surface area contributed by atoms with E-state index in [0.29, 0.717) is 11.7 Å². The standard InChI is InChI=1S/C15H22F3N3/c1-11(9-12-5-3-2-4-8-19-12)21-13-6-7-14(20-10-13)15(16,17)18/h6-7,10-12,19,21H,2-5,8-9H2,1H3. The van der Waals surface area contributed by atoms with Gasteiger partial charge in [-0.15, -0.1) is 0 Å². The minimum Gasteiger partial charge on any atom is -0.381 e. The number of hydrogen-bond donors (Lipinski definition) is 2. The molecule has 1 aliphatic heterocycles. The highest BCUT2D eigenvalue weighted by Crippen LogP contribution is 2.28. The molecule has 0 bridgehead atoms. The van der Waals surface area contributed by atoms with Crippen molar-refractivity contribution in [2.24, 2.45) is 0 Å². The number of alkyl halides is 3. The van der Waals surface area contributed by atoms with E-state index in [1.54, 1.807) is 0 Å². The largest absolute Gasteiger partial charge is 0.433 e. The maximum absolute atomic E-state index is 12.4. The average molecular weight is 301 g/mol. The zero-order valence-corrected chi connectivity index (χ0v) is 12.2. The summed E-state index contributed by atoms with van der Waals surface area (Å²) in [7, 11) is 0. The van der Waals surface area contributed by atoms with E-state index < -0.39 is 11.9 Å². The zero-order valence-electron chi connectivity index (χ0n) is 12.2. The molecule has 0 aromatic carbocycles. The molecule has 21 heavy (non-hydrogen) atoms. The second kappa shape index (κ2) is 7.11. The Morgan fingerprint density at radius 3 is 2.81 bits per heavy atom. The van der Waals surface area contributed by atoms with Crippen molar-refractivity contribution in [3.63, 3.8) is 0 Å². The first-order valence-corrected chi connectivity index (χ1v) is 7.48. The zero-order chi connectivity index (χ0) is 15.3. The van der Waals surface area contributed by atoms with Crippen molar-refractivity contribution < 1.29 is 13.2 Å². The number of pyridine rings is 1. The Kier molecular flexibility index (Phi) is 5.45. The fraction of sp³-hybridized carbons (Fsp3) is 0.667. The third kappa shape index (κ3) is 5.19. The van der Waals surface area contributed by atoms with Crippen molar-refractivity contribution >= 4 is 5.69 Å². The first-order valence-electron chi connectivity index (χ1n) is 7.48. The van der Waals surface area contributed by atoms with Crippen molar-refractivity contribution in [1.29, 1.82) is 0 Å². The van der Waals surface area contributed by atoms with Crippen LogP contribution in [0.3, 0.4) is 0 Å². The van der Waals surface area contributed by atoms with Crippen molar-refractivity contribution in [1.82, 2.24) is 10.3 Å². The van der Waals surface area contributed by atoms with Gasteiger partial charge in [0.1, 0.15) is 5.69 Å². The van der Waals surface area contributed by atoms with Gasteiger partial charge in [-0.1, -0.05) is 12.8 Å². The summed E-state index contributed by atoms with van der Waals surface area (Å²) in [6.07, 6.45) is 2.73. The third-order valence-corrected chi connectivity index (χ3v) is 3.77. The van der Waals surface area contributed by atoms with Gasteiger partial charge >= 0.3 is 6.18 Å². The molecule has 0 amide bonds. The van der Waals surface area contributed by atoms with Gasteiger partial charge in [0, 0.05) is 12.1 Å². The van der Waals surface area contributed by atoms with Crippen LogP contribution in [-0.2, 0) is 6.18 Å². The van der Waals surface area contributed by atoms with Crippen LogP contribution < -0.4 is 10.6 Å². The summed E-state index contributed by atoms with van der Waals surface area (Å²) in [6, 6.07) is 3.13. The van der Waals surface area contributed by atoms with Crippen LogP contribution in [-0.4, -0.2) is 23.6 Å². The van der Waals surface area contributed by atoms with E-state index in [-0.39, 0.29) is 6.04 Å². The van der Waals surface area contributed by atoms with Gasteiger partial charge in [-0.2, -0.15) is 13.2 Å². The van der Waals surface area contributed by atoms with Crippen LogP contribution in [0, 0.1) is 0 Å². The maximum Gasteiger partial charge on any atom is 0.433 e. The number of halogens is 3. The normalized spacial score (nSPS) is 21.6. The molecule has 2 unspecified atom stereocenters. The number of rotatable bonds is 4. The molecule has 118 valence electrons. The lowest BCUT2D eigenvalue weighted by Crippen LogP contribution is -2.33. The molecule has 1 fully saturated rings. The van der Waals surface area contributed by atoms with Crippen molar-refractivity contribution in [3.8, 4) is 0 Å². The Labute approximate surface area is 123 Å². The molecule has 2 heterocycles. The van der Waals surface area contributed by atoms with Crippen LogP contribution in [0.25, 0.3) is 0 Å². The number of nitrogens with zero attached hydrogens (tertiary/aromatic N) is 1. The Morgan fingerprint density at radius 2 is 2.14 bits per heavy atom. The Morgan fingerprint density at radius 1 is 1.33 bits per heavy atom. The summed E-state index contributed by atoms with van der Waals surface area (Å²) in [6.45, 7) is 3.10. The molecule has 2 atom stereocenters. The van der Waals surface area contributed by atoms with E-state index in [2.05, 4.69) is 15.6 Å². The number of anilines is 1. The molecule has 0 aliphatic carbocycles. The van der Waals surface area contributed by atoms with Gasteiger partial charge in [-0.05, 0) is 44.9 Å². The Bertz CT molecular complexity index is 423. The fourth-order valence-electron chi connectivity index (χ4n) is 2.72. The summed E-state index contributed by atoms with van der Waals surface area (Å²) in [5.41, 5.74) is -0.227. The molecule has 0 spiro atoms. The lowest BCUT2D eigenvalue weighted by molar-refractivity contribution is -0.141. The number of nitrogens with one attached hydrogen (secondary N) is 2. The van der Waals surface area contributed by atoms with Gasteiger partial charge in [0.2, 0.25) is 0 Å². The molecule has 0 radical (unpaired) electrons. The third-order valence-electron chi connectivity index (χ3n) is 3.77. The first kappa shape index (κ1) is 16.1. The Hall–Kier alpha value is -1.30. The molecular formula is C15H22F3N3. The first-order chi connectivity index (χ1) is 9.95. The van der Waals surface area contributed by atoms with Gasteiger partial charge in [0.05, 0.1) is 11.9 Å². The maximum atomic E-state index is 12.4. The Balaban J connectivity index is 1.85. The topological polar surface area (TPSA) is 37.0 Å². The predicted molar refractivity (Wildman–Crippen MR) is 77.2 cm³/mol. The monoisotopic (exact) mass is 301 g/mol. The summed E-state index contributed by atoms with van der Waals surface area (Å²) < 4.78 is 37.3. The van der Waals surface area contributed by atoms with Crippen LogP contribution in [0.15, 0.2) is 18.3 Å². The molecule has 1 aliphatic rings. The van der Waals surface area contributed by atoms with Gasteiger partial charge < -0.3 is 10.6 Å². The van der Waals surface area contributed by atoms with E-state index in [1.165, 1.54) is 31.5 Å². The molecule has 2 N–H and O–H groups in total. The molecule has 6 heteroatoms. The van der Waals surface area contributed by atoms with Crippen LogP contribution in [0.2, 0.25) is 0 Å². The lowest BCUT2D eigenvalue weighted by atomic mass is 10.0. The molecular weight excluding hydrogens is 279 g/mol. The highest BCUT2D eigenvalue weighted by Gasteiger charge is 2.32. The van der Waals surface area contributed by atoms with E-state index in [4.69, 9.17) is 0 Å². The number of hydrogen-bond acceptors (Lipinski definition) is 3. The molecule has 0 saturated carbocycles.